The summed E-state index contributed by atoms with van der Waals surface area (Å²) in [5, 5.41) is 7.66. The standard InChI is InChI=1S/C24H31N7O2/c1-24(2,3)33-20-8-5-18(6-9-20)31-22(25)27-23(28-31)26-21-10-7-19(15-17(21)16-32)30-13-11-29(4)12-14-30/h5-10,15,21H,11-14H2,1-4H3,(H3,25,26,27,28). The van der Waals surface area contributed by atoms with Crippen LogP contribution >= 0.6 is 0 Å². The zero-order valence-electron chi connectivity index (χ0n) is 19.6. The van der Waals surface area contributed by atoms with Gasteiger partial charge in [-0.25, -0.2) is 4.79 Å². The van der Waals surface area contributed by atoms with Gasteiger partial charge in [-0.3, -0.25) is 0 Å². The van der Waals surface area contributed by atoms with Crippen molar-refractivity contribution < 1.29 is 9.53 Å². The van der Waals surface area contributed by atoms with Crippen molar-refractivity contribution in [3.63, 3.8) is 0 Å². The van der Waals surface area contributed by atoms with Crippen LogP contribution in [0.5, 0.6) is 5.75 Å². The van der Waals surface area contributed by atoms with Crippen molar-refractivity contribution >= 4 is 17.8 Å². The number of aromatic nitrogens is 3. The molecule has 1 aliphatic heterocycles. The van der Waals surface area contributed by atoms with Crippen LogP contribution in [0.15, 0.2) is 53.8 Å². The van der Waals surface area contributed by atoms with Gasteiger partial charge in [0.25, 0.3) is 0 Å². The van der Waals surface area contributed by atoms with Crippen molar-refractivity contribution in [3.05, 3.63) is 53.8 Å². The summed E-state index contributed by atoms with van der Waals surface area (Å²) in [4.78, 5) is 20.6. The van der Waals surface area contributed by atoms with Gasteiger partial charge in [-0.05, 0) is 64.2 Å². The van der Waals surface area contributed by atoms with Gasteiger partial charge in [-0.2, -0.15) is 9.67 Å². The lowest BCUT2D eigenvalue weighted by atomic mass is 10.0. The lowest BCUT2D eigenvalue weighted by Crippen LogP contribution is -2.44. The first-order valence-corrected chi connectivity index (χ1v) is 11.1. The molecule has 3 N–H and O–H groups in total. The highest BCUT2D eigenvalue weighted by atomic mass is 16.5. The molecule has 1 fully saturated rings. The lowest BCUT2D eigenvalue weighted by molar-refractivity contribution is 0.131. The van der Waals surface area contributed by atoms with Gasteiger partial charge >= 0.3 is 0 Å². The fourth-order valence-electron chi connectivity index (χ4n) is 3.80. The van der Waals surface area contributed by atoms with Gasteiger partial charge in [0.15, 0.2) is 0 Å². The molecule has 9 nitrogen and oxygen atoms in total. The first-order chi connectivity index (χ1) is 15.7. The average molecular weight is 450 g/mol. The number of ether oxygens (including phenoxy) is 1. The predicted molar refractivity (Wildman–Crippen MR) is 129 cm³/mol. The summed E-state index contributed by atoms with van der Waals surface area (Å²) in [6.45, 7) is 9.85. The Morgan fingerprint density at radius 2 is 1.85 bits per heavy atom. The molecule has 1 saturated heterocycles. The first-order valence-electron chi connectivity index (χ1n) is 11.1. The number of allylic oxidation sites excluding steroid dienone is 1. The number of nitrogens with one attached hydrogen (secondary N) is 1. The van der Waals surface area contributed by atoms with Crippen LogP contribution < -0.4 is 15.8 Å². The predicted octanol–water partition coefficient (Wildman–Crippen LogP) is 2.27. The van der Waals surface area contributed by atoms with Crippen LogP contribution in [0.3, 0.4) is 0 Å². The van der Waals surface area contributed by atoms with Crippen molar-refractivity contribution in [2.75, 3.05) is 44.3 Å². The van der Waals surface area contributed by atoms with E-state index >= 15 is 0 Å². The second-order valence-electron chi connectivity index (χ2n) is 9.31. The molecule has 0 bridgehead atoms. The zero-order chi connectivity index (χ0) is 23.6. The second-order valence-corrected chi connectivity index (χ2v) is 9.31. The average Bonchev–Trinajstić information content (AvgIpc) is 3.14. The lowest BCUT2D eigenvalue weighted by Gasteiger charge is -2.35. The molecule has 0 amide bonds. The van der Waals surface area contributed by atoms with Crippen molar-refractivity contribution in [3.8, 4) is 11.4 Å². The van der Waals surface area contributed by atoms with Crippen LogP contribution in [0.25, 0.3) is 5.69 Å². The highest BCUT2D eigenvalue weighted by molar-refractivity contribution is 5.65. The Labute approximate surface area is 194 Å². The van der Waals surface area contributed by atoms with Gasteiger partial charge in [0.05, 0.1) is 17.3 Å². The maximum Gasteiger partial charge on any atom is 0.245 e. The third-order valence-corrected chi connectivity index (χ3v) is 5.51. The molecule has 4 rings (SSSR count). The Morgan fingerprint density at radius 3 is 2.48 bits per heavy atom. The quantitative estimate of drug-likeness (QED) is 0.671. The van der Waals surface area contributed by atoms with Crippen molar-refractivity contribution in [1.82, 2.24) is 24.6 Å². The number of carbonyl (C=O) groups excluding carboxylic acids is 1. The molecule has 33 heavy (non-hydrogen) atoms. The minimum atomic E-state index is -0.378. The maximum absolute atomic E-state index is 11.7. The molecular weight excluding hydrogens is 418 g/mol. The number of nitrogen functional groups attached to an aromatic ring is 1. The molecule has 0 radical (unpaired) electrons. The summed E-state index contributed by atoms with van der Waals surface area (Å²) in [5.74, 6) is 3.40. The number of rotatable bonds is 5. The maximum atomic E-state index is 11.7. The molecule has 2 aliphatic rings. The highest BCUT2D eigenvalue weighted by Gasteiger charge is 2.22. The van der Waals surface area contributed by atoms with Crippen LogP contribution in [-0.4, -0.2) is 75.4 Å². The van der Waals surface area contributed by atoms with Gasteiger partial charge in [-0.1, -0.05) is 6.08 Å². The topological polar surface area (TPSA) is 102 Å². The summed E-state index contributed by atoms with van der Waals surface area (Å²) < 4.78 is 7.41. The van der Waals surface area contributed by atoms with Crippen LogP contribution in [0.4, 0.5) is 11.9 Å². The molecule has 2 aromatic rings. The third kappa shape index (κ3) is 5.45. The molecule has 1 aliphatic carbocycles. The number of nitrogens with zero attached hydrogens (tertiary/aromatic N) is 5. The monoisotopic (exact) mass is 449 g/mol. The van der Waals surface area contributed by atoms with E-state index in [2.05, 4.69) is 38.2 Å². The fourth-order valence-corrected chi connectivity index (χ4v) is 3.80. The van der Waals surface area contributed by atoms with Gasteiger partial charge < -0.3 is 25.6 Å². The van der Waals surface area contributed by atoms with Gasteiger partial charge in [0.2, 0.25) is 11.9 Å². The minimum absolute atomic E-state index is 0.243. The highest BCUT2D eigenvalue weighted by Crippen LogP contribution is 2.24. The third-order valence-electron chi connectivity index (χ3n) is 5.51. The number of nitrogens with two attached hydrogens (primary N) is 1. The Balaban J connectivity index is 1.46. The van der Waals surface area contributed by atoms with Crippen LogP contribution in [0.1, 0.15) is 20.8 Å². The van der Waals surface area contributed by atoms with Crippen molar-refractivity contribution in [1.29, 1.82) is 0 Å². The smallest absolute Gasteiger partial charge is 0.245 e. The second kappa shape index (κ2) is 9.13. The molecule has 0 spiro atoms. The number of anilines is 2. The summed E-state index contributed by atoms with van der Waals surface area (Å²) in [7, 11) is 2.12. The number of hydrogen-bond acceptors (Lipinski definition) is 8. The molecule has 2 heterocycles. The first kappa shape index (κ1) is 22.6. The van der Waals surface area contributed by atoms with E-state index in [1.165, 1.54) is 0 Å². The van der Waals surface area contributed by atoms with Crippen molar-refractivity contribution in [2.24, 2.45) is 0 Å². The van der Waals surface area contributed by atoms with Crippen LogP contribution in [0, 0.1) is 0 Å². The van der Waals surface area contributed by atoms with Gasteiger partial charge in [0.1, 0.15) is 17.3 Å². The van der Waals surface area contributed by atoms with Crippen LogP contribution in [-0.2, 0) is 4.79 Å². The number of hydrogen-bond donors (Lipinski definition) is 2. The Bertz CT molecular complexity index is 1100. The van der Waals surface area contributed by atoms with Crippen LogP contribution in [0.2, 0.25) is 0 Å². The normalized spacial score (nSPS) is 19.3. The van der Waals surface area contributed by atoms with Gasteiger partial charge in [0, 0.05) is 31.9 Å². The van der Waals surface area contributed by atoms with Crippen molar-refractivity contribution in [2.45, 2.75) is 32.4 Å². The molecule has 0 saturated carbocycles. The number of piperazine rings is 1. The van der Waals surface area contributed by atoms with Gasteiger partial charge in [-0.15, -0.1) is 5.10 Å². The largest absolute Gasteiger partial charge is 0.488 e. The molecule has 174 valence electrons. The van der Waals surface area contributed by atoms with E-state index in [0.717, 1.165) is 43.3 Å². The number of likely N-dealkylation sites (N-methyl/N-ethyl adjacent to an activating group) is 1. The molecule has 9 heteroatoms. The zero-order valence-corrected chi connectivity index (χ0v) is 19.6. The summed E-state index contributed by atoms with van der Waals surface area (Å²) >= 11 is 0. The summed E-state index contributed by atoms with van der Waals surface area (Å²) in [6.07, 6.45) is 5.84. The Hall–Kier alpha value is -3.55. The molecule has 1 atom stereocenters. The SMILES string of the molecule is CN1CCN(C2=CC(=C=O)C(Nc3nc(N)n(-c4ccc(OC(C)(C)C)cc4)n3)C=C2)CC1. The summed E-state index contributed by atoms with van der Waals surface area (Å²) in [6, 6.07) is 7.11. The Morgan fingerprint density at radius 1 is 1.15 bits per heavy atom. The van der Waals surface area contributed by atoms with E-state index in [9.17, 15) is 4.79 Å². The Kier molecular flexibility index (Phi) is 6.26. The summed E-state index contributed by atoms with van der Waals surface area (Å²) in [5.41, 5.74) is 8.12. The van der Waals surface area contributed by atoms with E-state index in [0.29, 0.717) is 11.5 Å². The molecule has 1 aromatic carbocycles. The molecule has 1 aromatic heterocycles. The number of benzene rings is 1. The van der Waals surface area contributed by atoms with E-state index in [1.54, 1.807) is 4.68 Å². The molecule has 1 unspecified atom stereocenters. The molecular formula is C24H31N7O2. The van der Waals surface area contributed by atoms with E-state index in [1.807, 2.05) is 63.3 Å². The van der Waals surface area contributed by atoms with E-state index in [4.69, 9.17) is 10.5 Å². The minimum Gasteiger partial charge on any atom is -0.488 e. The van der Waals surface area contributed by atoms with E-state index < -0.39 is 0 Å². The van der Waals surface area contributed by atoms with E-state index in [-0.39, 0.29) is 17.6 Å². The fraction of sp³-hybridized carbons (Fsp3) is 0.417.